The summed E-state index contributed by atoms with van der Waals surface area (Å²) in [5, 5.41) is 0. The van der Waals surface area contributed by atoms with E-state index in [0.717, 1.165) is 5.69 Å². The highest BCUT2D eigenvalue weighted by molar-refractivity contribution is 5.95. The molecule has 22 heavy (non-hydrogen) atoms. The highest BCUT2D eigenvalue weighted by atomic mass is 16.1. The lowest BCUT2D eigenvalue weighted by molar-refractivity contribution is 0.0970. The summed E-state index contributed by atoms with van der Waals surface area (Å²) in [5.74, 6) is 0.259. The molecule has 2 heteroatoms. The molecule has 1 heterocycles. The van der Waals surface area contributed by atoms with E-state index in [1.807, 2.05) is 66.3 Å². The van der Waals surface area contributed by atoms with Gasteiger partial charge in [-0.25, -0.2) is 0 Å². The van der Waals surface area contributed by atoms with Crippen LogP contribution in [-0.2, 0) is 7.05 Å². The van der Waals surface area contributed by atoms with Crippen LogP contribution in [0.3, 0.4) is 0 Å². The highest BCUT2D eigenvalue weighted by Gasteiger charge is 2.20. The molecule has 0 saturated carbocycles. The fraction of sp³-hybridized carbons (Fsp3) is 0.150. The number of rotatable bonds is 5. The van der Waals surface area contributed by atoms with Gasteiger partial charge in [0.1, 0.15) is 0 Å². The summed E-state index contributed by atoms with van der Waals surface area (Å²) in [6.45, 7) is 0. The number of Topliss-reactive ketones (excluding diaryl/α,β-unsaturated/α-hetero) is 1. The summed E-state index contributed by atoms with van der Waals surface area (Å²) in [6.07, 6.45) is 2.39. The first-order chi connectivity index (χ1) is 10.8. The monoisotopic (exact) mass is 289 g/mol. The third kappa shape index (κ3) is 3.01. The Morgan fingerprint density at radius 1 is 0.864 bits per heavy atom. The maximum atomic E-state index is 12.7. The largest absolute Gasteiger partial charge is 0.348 e. The van der Waals surface area contributed by atoms with E-state index in [1.165, 1.54) is 11.1 Å². The van der Waals surface area contributed by atoms with Gasteiger partial charge in [0.15, 0.2) is 5.78 Å². The van der Waals surface area contributed by atoms with Crippen molar-refractivity contribution in [2.45, 2.75) is 12.3 Å². The van der Waals surface area contributed by atoms with Gasteiger partial charge in [0.2, 0.25) is 0 Å². The number of carbonyl (C=O) groups is 1. The quantitative estimate of drug-likeness (QED) is 0.637. The van der Waals surface area contributed by atoms with Gasteiger partial charge < -0.3 is 4.57 Å². The van der Waals surface area contributed by atoms with Gasteiger partial charge in [0, 0.05) is 25.6 Å². The molecule has 0 saturated heterocycles. The molecule has 2 aromatic carbocycles. The number of hydrogen-bond donors (Lipinski definition) is 0. The van der Waals surface area contributed by atoms with Crippen molar-refractivity contribution >= 4 is 5.78 Å². The Kier molecular flexibility index (Phi) is 4.19. The second kappa shape index (κ2) is 6.44. The summed E-state index contributed by atoms with van der Waals surface area (Å²) in [4.78, 5) is 12.7. The first kappa shape index (κ1) is 14.3. The van der Waals surface area contributed by atoms with E-state index >= 15 is 0 Å². The molecular formula is C20H19NO. The van der Waals surface area contributed by atoms with Crippen molar-refractivity contribution in [3.8, 4) is 0 Å². The number of nitrogens with zero attached hydrogens (tertiary/aromatic N) is 1. The SMILES string of the molecule is Cn1cccc1C(=O)CC(c1ccccc1)c1ccccc1. The van der Waals surface area contributed by atoms with Crippen LogP contribution in [0, 0.1) is 0 Å². The zero-order valence-corrected chi connectivity index (χ0v) is 12.6. The van der Waals surface area contributed by atoms with Gasteiger partial charge in [-0.05, 0) is 23.3 Å². The van der Waals surface area contributed by atoms with Crippen molar-refractivity contribution in [2.24, 2.45) is 7.05 Å². The predicted octanol–water partition coefficient (Wildman–Crippen LogP) is 4.43. The maximum absolute atomic E-state index is 12.7. The number of aromatic nitrogens is 1. The first-order valence-electron chi connectivity index (χ1n) is 7.50. The second-order valence-electron chi connectivity index (χ2n) is 5.51. The second-order valence-corrected chi connectivity index (χ2v) is 5.51. The molecular weight excluding hydrogens is 270 g/mol. The molecule has 0 bridgehead atoms. The summed E-state index contributed by atoms with van der Waals surface area (Å²) >= 11 is 0. The Labute approximate surface area is 131 Å². The standard InChI is InChI=1S/C20H19NO/c1-21-14-8-13-19(21)20(22)15-18(16-9-4-2-5-10-16)17-11-6-3-7-12-17/h2-14,18H,15H2,1H3. The van der Waals surface area contributed by atoms with Crippen LogP contribution in [-0.4, -0.2) is 10.4 Å². The van der Waals surface area contributed by atoms with Crippen LogP contribution in [0.1, 0.15) is 34.0 Å². The van der Waals surface area contributed by atoms with Crippen molar-refractivity contribution in [1.29, 1.82) is 0 Å². The van der Waals surface area contributed by atoms with Crippen LogP contribution in [0.2, 0.25) is 0 Å². The molecule has 1 aromatic heterocycles. The van der Waals surface area contributed by atoms with Gasteiger partial charge in [0.05, 0.1) is 5.69 Å². The smallest absolute Gasteiger partial charge is 0.180 e. The molecule has 3 rings (SSSR count). The molecule has 0 fully saturated rings. The van der Waals surface area contributed by atoms with E-state index < -0.39 is 0 Å². The Morgan fingerprint density at radius 3 is 1.86 bits per heavy atom. The summed E-state index contributed by atoms with van der Waals surface area (Å²) in [7, 11) is 1.91. The molecule has 0 N–H and O–H groups in total. The Hall–Kier alpha value is -2.61. The average Bonchev–Trinajstić information content (AvgIpc) is 3.00. The molecule has 0 unspecified atom stereocenters. The van der Waals surface area contributed by atoms with E-state index in [9.17, 15) is 4.79 Å². The summed E-state index contributed by atoms with van der Waals surface area (Å²) in [6, 6.07) is 24.3. The van der Waals surface area contributed by atoms with Crippen LogP contribution in [0.4, 0.5) is 0 Å². The molecule has 0 amide bonds. The van der Waals surface area contributed by atoms with Gasteiger partial charge in [-0.1, -0.05) is 60.7 Å². The van der Waals surface area contributed by atoms with Crippen LogP contribution < -0.4 is 0 Å². The van der Waals surface area contributed by atoms with Crippen LogP contribution in [0.5, 0.6) is 0 Å². The molecule has 110 valence electrons. The van der Waals surface area contributed by atoms with E-state index in [-0.39, 0.29) is 11.7 Å². The van der Waals surface area contributed by atoms with E-state index in [4.69, 9.17) is 0 Å². The van der Waals surface area contributed by atoms with E-state index in [0.29, 0.717) is 6.42 Å². The minimum atomic E-state index is 0.0878. The number of hydrogen-bond acceptors (Lipinski definition) is 1. The highest BCUT2D eigenvalue weighted by Crippen LogP contribution is 2.29. The molecule has 0 atom stereocenters. The third-order valence-corrected chi connectivity index (χ3v) is 4.02. The molecule has 0 aliphatic rings. The van der Waals surface area contributed by atoms with Crippen LogP contribution >= 0.6 is 0 Å². The Bertz CT molecular complexity index is 704. The van der Waals surface area contributed by atoms with Gasteiger partial charge >= 0.3 is 0 Å². The number of carbonyl (C=O) groups excluding carboxylic acids is 1. The molecule has 0 radical (unpaired) electrons. The zero-order chi connectivity index (χ0) is 15.4. The Balaban J connectivity index is 1.93. The van der Waals surface area contributed by atoms with Crippen molar-refractivity contribution in [3.05, 3.63) is 95.8 Å². The van der Waals surface area contributed by atoms with E-state index in [1.54, 1.807) is 0 Å². The molecule has 0 aliphatic heterocycles. The van der Waals surface area contributed by atoms with Gasteiger partial charge in [0.25, 0.3) is 0 Å². The number of benzene rings is 2. The number of aryl methyl sites for hydroxylation is 1. The summed E-state index contributed by atoms with van der Waals surface area (Å²) < 4.78 is 1.88. The zero-order valence-electron chi connectivity index (χ0n) is 12.6. The minimum Gasteiger partial charge on any atom is -0.348 e. The average molecular weight is 289 g/mol. The lowest BCUT2D eigenvalue weighted by atomic mass is 9.86. The third-order valence-electron chi connectivity index (χ3n) is 4.02. The van der Waals surface area contributed by atoms with Crippen molar-refractivity contribution < 1.29 is 4.79 Å². The lowest BCUT2D eigenvalue weighted by Crippen LogP contribution is -2.12. The maximum Gasteiger partial charge on any atom is 0.180 e. The van der Waals surface area contributed by atoms with Gasteiger partial charge in [-0.3, -0.25) is 4.79 Å². The molecule has 0 aliphatic carbocycles. The van der Waals surface area contributed by atoms with Crippen LogP contribution in [0.15, 0.2) is 79.0 Å². The van der Waals surface area contributed by atoms with Crippen molar-refractivity contribution in [3.63, 3.8) is 0 Å². The molecule has 2 nitrogen and oxygen atoms in total. The molecule has 3 aromatic rings. The minimum absolute atomic E-state index is 0.0878. The fourth-order valence-corrected chi connectivity index (χ4v) is 2.84. The van der Waals surface area contributed by atoms with Gasteiger partial charge in [-0.2, -0.15) is 0 Å². The predicted molar refractivity (Wildman–Crippen MR) is 89.1 cm³/mol. The molecule has 0 spiro atoms. The summed E-state index contributed by atoms with van der Waals surface area (Å²) in [5.41, 5.74) is 3.12. The number of ketones is 1. The lowest BCUT2D eigenvalue weighted by Gasteiger charge is -2.17. The van der Waals surface area contributed by atoms with E-state index in [2.05, 4.69) is 24.3 Å². The Morgan fingerprint density at radius 2 is 1.41 bits per heavy atom. The van der Waals surface area contributed by atoms with Crippen molar-refractivity contribution in [2.75, 3.05) is 0 Å². The van der Waals surface area contributed by atoms with Crippen LogP contribution in [0.25, 0.3) is 0 Å². The normalized spacial score (nSPS) is 10.8. The van der Waals surface area contributed by atoms with Crippen molar-refractivity contribution in [1.82, 2.24) is 4.57 Å². The van der Waals surface area contributed by atoms with Gasteiger partial charge in [-0.15, -0.1) is 0 Å². The fourth-order valence-electron chi connectivity index (χ4n) is 2.84. The first-order valence-corrected chi connectivity index (χ1v) is 7.50. The topological polar surface area (TPSA) is 22.0 Å².